The lowest BCUT2D eigenvalue weighted by molar-refractivity contribution is -0.147. The molecular formula is C6H8ClFO3. The van der Waals surface area contributed by atoms with Gasteiger partial charge in [0.15, 0.2) is 0 Å². The summed E-state index contributed by atoms with van der Waals surface area (Å²) in [5.74, 6) is -1.91. The molecule has 1 fully saturated rings. The first-order valence-electron chi connectivity index (χ1n) is 3.20. The largest absolute Gasteiger partial charge is 0.456 e. The molecule has 1 aliphatic heterocycles. The Balaban J connectivity index is 2.80. The van der Waals surface area contributed by atoms with Gasteiger partial charge in [-0.15, -0.1) is 0 Å². The number of hydrogen-bond acceptors (Lipinski definition) is 3. The Morgan fingerprint density at radius 2 is 2.45 bits per heavy atom. The van der Waals surface area contributed by atoms with Crippen LogP contribution in [0.25, 0.3) is 0 Å². The van der Waals surface area contributed by atoms with Crippen molar-refractivity contribution in [3.8, 4) is 0 Å². The number of rotatable bonds is 1. The van der Waals surface area contributed by atoms with Crippen molar-refractivity contribution in [1.82, 2.24) is 0 Å². The summed E-state index contributed by atoms with van der Waals surface area (Å²) in [6.07, 6.45) is -0.815. The molecule has 0 saturated carbocycles. The fraction of sp³-hybridized carbons (Fsp3) is 0.833. The number of alkyl halides is 2. The van der Waals surface area contributed by atoms with Gasteiger partial charge in [-0.2, -0.15) is 0 Å². The molecule has 0 aromatic rings. The van der Waals surface area contributed by atoms with Gasteiger partial charge < -0.3 is 9.84 Å². The highest BCUT2D eigenvalue weighted by Crippen LogP contribution is 2.38. The number of hydrogen-bond donors (Lipinski definition) is 1. The smallest absolute Gasteiger partial charge is 0.360 e. The van der Waals surface area contributed by atoms with Crippen LogP contribution < -0.4 is 0 Å². The monoisotopic (exact) mass is 182 g/mol. The number of carbonyl (C=O) groups excluding carboxylic acids is 1. The van der Waals surface area contributed by atoms with Crippen LogP contribution in [0.2, 0.25) is 0 Å². The molecule has 1 aliphatic rings. The minimum Gasteiger partial charge on any atom is -0.456 e. The zero-order valence-electron chi connectivity index (χ0n) is 5.88. The highest BCUT2D eigenvalue weighted by Gasteiger charge is 2.55. The fourth-order valence-electron chi connectivity index (χ4n) is 0.933. The summed E-state index contributed by atoms with van der Waals surface area (Å²) in [6.45, 7) is 1.02. The molecule has 0 aromatic carbocycles. The van der Waals surface area contributed by atoms with E-state index in [1.54, 1.807) is 0 Å². The Morgan fingerprint density at radius 3 is 2.64 bits per heavy atom. The Labute approximate surface area is 68.1 Å². The second kappa shape index (κ2) is 2.60. The van der Waals surface area contributed by atoms with E-state index in [1.165, 1.54) is 6.92 Å². The van der Waals surface area contributed by atoms with Gasteiger partial charge in [0.1, 0.15) is 6.10 Å². The Hall–Kier alpha value is -0.350. The first-order valence-corrected chi connectivity index (χ1v) is 3.57. The molecule has 1 N–H and O–H groups in total. The van der Waals surface area contributed by atoms with Crippen LogP contribution in [0.1, 0.15) is 6.92 Å². The molecule has 0 amide bonds. The van der Waals surface area contributed by atoms with Gasteiger partial charge in [0.25, 0.3) is 5.13 Å². The van der Waals surface area contributed by atoms with Crippen LogP contribution in [0.4, 0.5) is 4.39 Å². The standard InChI is InChI=1S/C6H8ClFO3/c1-3-4(2-9)11-5(10)6(3,7)8/h3-4,9H,2H2,1H3/t3-,4+,6?/m0/s1. The van der Waals surface area contributed by atoms with Gasteiger partial charge >= 0.3 is 5.97 Å². The molecule has 1 unspecified atom stereocenters. The van der Waals surface area contributed by atoms with Crippen LogP contribution in [-0.2, 0) is 9.53 Å². The van der Waals surface area contributed by atoms with E-state index in [0.29, 0.717) is 0 Å². The number of carbonyl (C=O) groups is 1. The van der Waals surface area contributed by atoms with Crippen LogP contribution in [0.15, 0.2) is 0 Å². The van der Waals surface area contributed by atoms with Crippen LogP contribution >= 0.6 is 11.6 Å². The Morgan fingerprint density at radius 1 is 1.91 bits per heavy atom. The number of aliphatic hydroxyl groups excluding tert-OH is 1. The molecule has 0 radical (unpaired) electrons. The van der Waals surface area contributed by atoms with Gasteiger partial charge in [-0.05, 0) is 0 Å². The third-order valence-corrected chi connectivity index (χ3v) is 2.34. The quantitative estimate of drug-likeness (QED) is 0.473. The lowest BCUT2D eigenvalue weighted by Crippen LogP contribution is -2.30. The Bertz CT molecular complexity index is 183. The molecule has 0 aliphatic carbocycles. The average molecular weight is 183 g/mol. The first kappa shape index (κ1) is 8.74. The topological polar surface area (TPSA) is 46.5 Å². The molecule has 64 valence electrons. The molecule has 1 heterocycles. The third kappa shape index (κ3) is 1.20. The van der Waals surface area contributed by atoms with Crippen molar-refractivity contribution in [3.05, 3.63) is 0 Å². The van der Waals surface area contributed by atoms with Crippen molar-refractivity contribution in [3.63, 3.8) is 0 Å². The molecule has 11 heavy (non-hydrogen) atoms. The average Bonchev–Trinajstić information content (AvgIpc) is 2.14. The molecule has 0 spiro atoms. The van der Waals surface area contributed by atoms with Crippen molar-refractivity contribution >= 4 is 17.6 Å². The highest BCUT2D eigenvalue weighted by molar-refractivity contribution is 6.33. The minimum absolute atomic E-state index is 0.398. The number of halogens is 2. The van der Waals surface area contributed by atoms with Crippen molar-refractivity contribution in [2.24, 2.45) is 5.92 Å². The lowest BCUT2D eigenvalue weighted by Gasteiger charge is -2.13. The maximum absolute atomic E-state index is 13.0. The molecule has 1 saturated heterocycles. The van der Waals surface area contributed by atoms with E-state index in [4.69, 9.17) is 16.7 Å². The normalized spacial score (nSPS) is 44.2. The lowest BCUT2D eigenvalue weighted by atomic mass is 10.0. The summed E-state index contributed by atoms with van der Waals surface area (Å²) in [5, 5.41) is 6.12. The predicted molar refractivity (Wildman–Crippen MR) is 35.8 cm³/mol. The molecule has 0 aromatic heterocycles. The zero-order valence-corrected chi connectivity index (χ0v) is 6.64. The van der Waals surface area contributed by atoms with E-state index in [2.05, 4.69) is 4.74 Å². The van der Waals surface area contributed by atoms with E-state index in [-0.39, 0.29) is 0 Å². The second-order valence-corrected chi connectivity index (χ2v) is 3.09. The fourth-order valence-corrected chi connectivity index (χ4v) is 1.12. The summed E-state index contributed by atoms with van der Waals surface area (Å²) in [5.41, 5.74) is 0. The van der Waals surface area contributed by atoms with Gasteiger partial charge in [-0.1, -0.05) is 18.5 Å². The maximum atomic E-state index is 13.0. The van der Waals surface area contributed by atoms with E-state index in [9.17, 15) is 9.18 Å². The molecule has 0 bridgehead atoms. The summed E-state index contributed by atoms with van der Waals surface area (Å²) in [7, 11) is 0. The van der Waals surface area contributed by atoms with Crippen LogP contribution in [0.3, 0.4) is 0 Å². The molecule has 5 heteroatoms. The summed E-state index contributed by atoms with van der Waals surface area (Å²) in [6, 6.07) is 0. The van der Waals surface area contributed by atoms with Crippen molar-refractivity contribution in [1.29, 1.82) is 0 Å². The van der Waals surface area contributed by atoms with E-state index in [1.807, 2.05) is 0 Å². The van der Waals surface area contributed by atoms with Gasteiger partial charge in [-0.3, -0.25) is 0 Å². The number of ether oxygens (including phenoxy) is 1. The van der Waals surface area contributed by atoms with Gasteiger partial charge in [0, 0.05) is 0 Å². The Kier molecular flexibility index (Phi) is 2.07. The number of aliphatic hydroxyl groups is 1. The summed E-state index contributed by atoms with van der Waals surface area (Å²) >= 11 is 5.19. The van der Waals surface area contributed by atoms with E-state index in [0.717, 1.165) is 0 Å². The minimum atomic E-state index is -2.46. The molecule has 3 atom stereocenters. The number of cyclic esters (lactones) is 1. The molecule has 1 rings (SSSR count). The van der Waals surface area contributed by atoms with E-state index < -0.39 is 29.7 Å². The summed E-state index contributed by atoms with van der Waals surface area (Å²) in [4.78, 5) is 10.6. The van der Waals surface area contributed by atoms with E-state index >= 15 is 0 Å². The van der Waals surface area contributed by atoms with Gasteiger partial charge in [-0.25, -0.2) is 9.18 Å². The van der Waals surface area contributed by atoms with Crippen LogP contribution in [0, 0.1) is 5.92 Å². The highest BCUT2D eigenvalue weighted by atomic mass is 35.5. The molecular weight excluding hydrogens is 175 g/mol. The van der Waals surface area contributed by atoms with Crippen LogP contribution in [0.5, 0.6) is 0 Å². The summed E-state index contributed by atoms with van der Waals surface area (Å²) < 4.78 is 17.5. The van der Waals surface area contributed by atoms with Gasteiger partial charge in [0.05, 0.1) is 12.5 Å². The second-order valence-electron chi connectivity index (χ2n) is 2.54. The van der Waals surface area contributed by atoms with Crippen LogP contribution in [-0.4, -0.2) is 28.9 Å². The maximum Gasteiger partial charge on any atom is 0.360 e. The van der Waals surface area contributed by atoms with Gasteiger partial charge in [0.2, 0.25) is 0 Å². The number of esters is 1. The predicted octanol–water partition coefficient (Wildman–Crippen LogP) is 0.445. The van der Waals surface area contributed by atoms with Crippen molar-refractivity contribution < 1.29 is 19.0 Å². The first-order chi connectivity index (χ1) is 5.00. The third-order valence-electron chi connectivity index (χ3n) is 1.84. The van der Waals surface area contributed by atoms with Crippen molar-refractivity contribution in [2.75, 3.05) is 6.61 Å². The SMILES string of the molecule is C[C@H]1[C@@H](CO)OC(=O)C1(F)Cl. The molecule has 3 nitrogen and oxygen atoms in total. The zero-order chi connectivity index (χ0) is 8.65. The van der Waals surface area contributed by atoms with Crippen molar-refractivity contribution in [2.45, 2.75) is 18.2 Å².